The van der Waals surface area contributed by atoms with Gasteiger partial charge in [0.2, 0.25) is 0 Å². The average Bonchev–Trinajstić information content (AvgIpc) is 2.58. The Hall–Kier alpha value is -3.28. The third kappa shape index (κ3) is 4.34. The summed E-state index contributed by atoms with van der Waals surface area (Å²) in [6, 6.07) is 12.8. The van der Waals surface area contributed by atoms with E-state index in [1.54, 1.807) is 43.5 Å². The van der Waals surface area contributed by atoms with E-state index in [-0.39, 0.29) is 17.1 Å². The molecular formula is C17H16N2O4. The monoisotopic (exact) mass is 312 g/mol. The summed E-state index contributed by atoms with van der Waals surface area (Å²) < 4.78 is 5.02. The highest BCUT2D eigenvalue weighted by Crippen LogP contribution is 2.14. The van der Waals surface area contributed by atoms with Crippen molar-refractivity contribution in [2.24, 2.45) is 0 Å². The zero-order valence-corrected chi connectivity index (χ0v) is 12.4. The summed E-state index contributed by atoms with van der Waals surface area (Å²) in [6.07, 6.45) is 2.59. The first kappa shape index (κ1) is 16.1. The molecule has 6 heteroatoms. The van der Waals surface area contributed by atoms with Gasteiger partial charge in [0.05, 0.1) is 12.7 Å². The van der Waals surface area contributed by atoms with E-state index in [0.29, 0.717) is 11.3 Å². The molecule has 0 saturated heterocycles. The first-order chi connectivity index (χ1) is 11.1. The highest BCUT2D eigenvalue weighted by atomic mass is 16.5. The second kappa shape index (κ2) is 7.65. The maximum Gasteiger partial charge on any atom is 0.273 e. The van der Waals surface area contributed by atoms with Crippen LogP contribution in [0.2, 0.25) is 0 Å². The van der Waals surface area contributed by atoms with E-state index in [1.807, 2.05) is 0 Å². The van der Waals surface area contributed by atoms with Crippen LogP contribution in [0.3, 0.4) is 0 Å². The van der Waals surface area contributed by atoms with Crippen LogP contribution in [-0.2, 0) is 0 Å². The van der Waals surface area contributed by atoms with E-state index >= 15 is 0 Å². The maximum absolute atomic E-state index is 11.9. The molecule has 0 spiro atoms. The molecule has 0 saturated carbocycles. The van der Waals surface area contributed by atoms with Crippen LogP contribution in [0.25, 0.3) is 0 Å². The Kier molecular flexibility index (Phi) is 5.35. The molecule has 0 radical (unpaired) electrons. The standard InChI is InChI=1S/C17H16N2O4/c1-23-13-8-6-12(7-9-13)15(20)10-11-18-19-17(22)14-4-2-3-5-16(14)21/h2-11,18,21H,1H3,(H,19,22)/b11-10+. The van der Waals surface area contributed by atoms with Crippen molar-refractivity contribution in [1.29, 1.82) is 0 Å². The summed E-state index contributed by atoms with van der Waals surface area (Å²) in [6.45, 7) is 0. The number of allylic oxidation sites excluding steroid dienone is 1. The first-order valence-corrected chi connectivity index (χ1v) is 6.80. The van der Waals surface area contributed by atoms with Gasteiger partial charge in [-0.25, -0.2) is 0 Å². The number of phenols is 1. The van der Waals surface area contributed by atoms with Gasteiger partial charge in [0.25, 0.3) is 5.91 Å². The van der Waals surface area contributed by atoms with Crippen LogP contribution in [0.4, 0.5) is 0 Å². The zero-order chi connectivity index (χ0) is 16.7. The largest absolute Gasteiger partial charge is 0.507 e. The van der Waals surface area contributed by atoms with Crippen LogP contribution < -0.4 is 15.6 Å². The number of methoxy groups -OCH3 is 1. The Morgan fingerprint density at radius 2 is 1.78 bits per heavy atom. The number of para-hydroxylation sites is 1. The lowest BCUT2D eigenvalue weighted by molar-refractivity contribution is 0.0936. The molecule has 2 rings (SSSR count). The SMILES string of the molecule is COc1ccc(C(=O)/C=C/NNC(=O)c2ccccc2O)cc1. The molecule has 0 fully saturated rings. The van der Waals surface area contributed by atoms with Crippen LogP contribution in [0, 0.1) is 0 Å². The summed E-state index contributed by atoms with van der Waals surface area (Å²) in [5.41, 5.74) is 5.48. The van der Waals surface area contributed by atoms with Gasteiger partial charge in [-0.05, 0) is 36.4 Å². The number of amides is 1. The summed E-state index contributed by atoms with van der Waals surface area (Å²) in [5, 5.41) is 9.55. The van der Waals surface area contributed by atoms with Crippen LogP contribution in [-0.4, -0.2) is 23.9 Å². The molecule has 2 aromatic rings. The smallest absolute Gasteiger partial charge is 0.273 e. The third-order valence-electron chi connectivity index (χ3n) is 3.03. The number of ketones is 1. The van der Waals surface area contributed by atoms with E-state index in [1.165, 1.54) is 24.4 Å². The Bertz CT molecular complexity index is 724. The molecule has 0 aliphatic carbocycles. The van der Waals surface area contributed by atoms with Crippen LogP contribution in [0.1, 0.15) is 20.7 Å². The van der Waals surface area contributed by atoms with Gasteiger partial charge < -0.3 is 15.3 Å². The van der Waals surface area contributed by atoms with Crippen LogP contribution in [0.15, 0.2) is 60.8 Å². The molecule has 0 heterocycles. The molecule has 0 aliphatic rings. The van der Waals surface area contributed by atoms with Crippen molar-refractivity contribution in [3.8, 4) is 11.5 Å². The Labute approximate surface area is 133 Å². The maximum atomic E-state index is 11.9. The fourth-order valence-corrected chi connectivity index (χ4v) is 1.81. The Morgan fingerprint density at radius 3 is 2.43 bits per heavy atom. The van der Waals surface area contributed by atoms with E-state index in [4.69, 9.17) is 4.74 Å². The fourth-order valence-electron chi connectivity index (χ4n) is 1.81. The third-order valence-corrected chi connectivity index (χ3v) is 3.03. The fraction of sp³-hybridized carbons (Fsp3) is 0.0588. The van der Waals surface area contributed by atoms with E-state index in [9.17, 15) is 14.7 Å². The minimum Gasteiger partial charge on any atom is -0.507 e. The number of rotatable bonds is 6. The Morgan fingerprint density at radius 1 is 1.09 bits per heavy atom. The van der Waals surface area contributed by atoms with Crippen molar-refractivity contribution in [3.63, 3.8) is 0 Å². The molecule has 0 bridgehead atoms. The van der Waals surface area contributed by atoms with Crippen LogP contribution in [0.5, 0.6) is 11.5 Å². The molecule has 6 nitrogen and oxygen atoms in total. The van der Waals surface area contributed by atoms with Crippen molar-refractivity contribution >= 4 is 11.7 Å². The lowest BCUT2D eigenvalue weighted by Crippen LogP contribution is -2.33. The number of phenolic OH excluding ortho intramolecular Hbond substituents is 1. The Balaban J connectivity index is 1.87. The molecule has 118 valence electrons. The molecule has 0 aromatic heterocycles. The minimum atomic E-state index is -0.510. The van der Waals surface area contributed by atoms with Gasteiger partial charge in [-0.15, -0.1) is 0 Å². The highest BCUT2D eigenvalue weighted by Gasteiger charge is 2.08. The van der Waals surface area contributed by atoms with Gasteiger partial charge >= 0.3 is 0 Å². The normalized spacial score (nSPS) is 10.3. The highest BCUT2D eigenvalue weighted by molar-refractivity contribution is 6.04. The van der Waals surface area contributed by atoms with Crippen molar-refractivity contribution in [3.05, 3.63) is 71.9 Å². The molecular weight excluding hydrogens is 296 g/mol. The molecule has 23 heavy (non-hydrogen) atoms. The van der Waals surface area contributed by atoms with Gasteiger partial charge in [0.1, 0.15) is 11.5 Å². The summed E-state index contributed by atoms with van der Waals surface area (Å²) in [4.78, 5) is 23.7. The summed E-state index contributed by atoms with van der Waals surface area (Å²) >= 11 is 0. The van der Waals surface area contributed by atoms with Gasteiger partial charge in [-0.1, -0.05) is 12.1 Å². The average molecular weight is 312 g/mol. The topological polar surface area (TPSA) is 87.7 Å². The molecule has 1 amide bonds. The van der Waals surface area contributed by atoms with Crippen molar-refractivity contribution in [1.82, 2.24) is 10.9 Å². The predicted octanol–water partition coefficient (Wildman–Crippen LogP) is 2.03. The van der Waals surface area contributed by atoms with E-state index in [0.717, 1.165) is 0 Å². The molecule has 3 N–H and O–H groups in total. The molecule has 0 unspecified atom stereocenters. The van der Waals surface area contributed by atoms with Crippen molar-refractivity contribution in [2.45, 2.75) is 0 Å². The van der Waals surface area contributed by atoms with E-state index in [2.05, 4.69) is 10.9 Å². The number of aromatic hydroxyl groups is 1. The number of hydrogen-bond acceptors (Lipinski definition) is 5. The lowest BCUT2D eigenvalue weighted by Gasteiger charge is -2.05. The molecule has 0 atom stereocenters. The number of benzene rings is 2. The summed E-state index contributed by atoms with van der Waals surface area (Å²) in [5.74, 6) is -0.190. The van der Waals surface area contributed by atoms with Gasteiger partial charge in [-0.2, -0.15) is 0 Å². The van der Waals surface area contributed by atoms with Gasteiger partial charge in [-0.3, -0.25) is 15.0 Å². The molecule has 0 aliphatic heterocycles. The van der Waals surface area contributed by atoms with Crippen LogP contribution >= 0.6 is 0 Å². The number of hydrogen-bond donors (Lipinski definition) is 3. The van der Waals surface area contributed by atoms with Crippen molar-refractivity contribution < 1.29 is 19.4 Å². The second-order valence-electron chi connectivity index (χ2n) is 4.54. The first-order valence-electron chi connectivity index (χ1n) is 6.80. The number of nitrogens with one attached hydrogen (secondary N) is 2. The quantitative estimate of drug-likeness (QED) is 0.431. The van der Waals surface area contributed by atoms with Gasteiger partial charge in [0.15, 0.2) is 5.78 Å². The molecule has 2 aromatic carbocycles. The number of hydrazine groups is 1. The second-order valence-corrected chi connectivity index (χ2v) is 4.54. The van der Waals surface area contributed by atoms with Gasteiger partial charge in [0, 0.05) is 17.8 Å². The number of carbonyl (C=O) groups excluding carboxylic acids is 2. The minimum absolute atomic E-state index is 0.120. The number of ether oxygens (including phenoxy) is 1. The summed E-state index contributed by atoms with van der Waals surface area (Å²) in [7, 11) is 1.55. The zero-order valence-electron chi connectivity index (χ0n) is 12.4. The lowest BCUT2D eigenvalue weighted by atomic mass is 10.1. The predicted molar refractivity (Wildman–Crippen MR) is 85.2 cm³/mol. The number of carbonyl (C=O) groups is 2. The van der Waals surface area contributed by atoms with Crippen molar-refractivity contribution in [2.75, 3.05) is 7.11 Å². The van der Waals surface area contributed by atoms with E-state index < -0.39 is 5.91 Å².